The molecule has 0 fully saturated rings. The molecule has 2 N–H and O–H groups in total. The lowest BCUT2D eigenvalue weighted by molar-refractivity contribution is 0.265. The van der Waals surface area contributed by atoms with Gasteiger partial charge >= 0.3 is 0 Å². The first kappa shape index (κ1) is 14.7. The van der Waals surface area contributed by atoms with Gasteiger partial charge in [0.15, 0.2) is 5.82 Å². The van der Waals surface area contributed by atoms with Crippen LogP contribution in [-0.2, 0) is 10.0 Å². The van der Waals surface area contributed by atoms with Crippen molar-refractivity contribution >= 4 is 33.2 Å². The molecule has 0 bridgehead atoms. The number of benzene rings is 1. The molecule has 0 aliphatic carbocycles. The fraction of sp³-hybridized carbons (Fsp3) is 0.333. The first-order valence-electron chi connectivity index (χ1n) is 4.56. The van der Waals surface area contributed by atoms with E-state index in [2.05, 4.69) is 4.72 Å². The Morgan fingerprint density at radius 1 is 1.47 bits per heavy atom. The van der Waals surface area contributed by atoms with Gasteiger partial charge in [0, 0.05) is 6.04 Å². The van der Waals surface area contributed by atoms with Crippen LogP contribution < -0.4 is 4.72 Å². The van der Waals surface area contributed by atoms with Gasteiger partial charge in [-0.1, -0.05) is 23.2 Å². The Morgan fingerprint density at radius 3 is 2.59 bits per heavy atom. The third-order valence-electron chi connectivity index (χ3n) is 1.92. The fourth-order valence-electron chi connectivity index (χ4n) is 1.08. The van der Waals surface area contributed by atoms with Gasteiger partial charge in [0.2, 0.25) is 10.0 Å². The van der Waals surface area contributed by atoms with Crippen molar-refractivity contribution in [1.29, 1.82) is 0 Å². The van der Waals surface area contributed by atoms with Crippen LogP contribution in [0.15, 0.2) is 17.0 Å². The van der Waals surface area contributed by atoms with Gasteiger partial charge in [-0.3, -0.25) is 0 Å². The summed E-state index contributed by atoms with van der Waals surface area (Å²) < 4.78 is 39.0. The minimum atomic E-state index is -3.98. The van der Waals surface area contributed by atoms with Crippen LogP contribution in [0.25, 0.3) is 0 Å². The van der Waals surface area contributed by atoms with E-state index in [4.69, 9.17) is 28.3 Å². The zero-order chi connectivity index (χ0) is 13.2. The zero-order valence-electron chi connectivity index (χ0n) is 8.75. The molecule has 4 nitrogen and oxygen atoms in total. The maximum atomic E-state index is 13.3. The van der Waals surface area contributed by atoms with E-state index in [1.54, 1.807) is 0 Å². The molecule has 1 rings (SSSR count). The van der Waals surface area contributed by atoms with E-state index < -0.39 is 31.8 Å². The highest BCUT2D eigenvalue weighted by Gasteiger charge is 2.23. The van der Waals surface area contributed by atoms with Crippen molar-refractivity contribution in [3.05, 3.63) is 28.0 Å². The summed E-state index contributed by atoms with van der Waals surface area (Å²) in [5.74, 6) is -0.993. The Bertz CT molecular complexity index is 521. The van der Waals surface area contributed by atoms with Crippen molar-refractivity contribution in [3.8, 4) is 0 Å². The van der Waals surface area contributed by atoms with Crippen molar-refractivity contribution in [1.82, 2.24) is 4.72 Å². The van der Waals surface area contributed by atoms with Gasteiger partial charge in [-0.15, -0.1) is 0 Å². The van der Waals surface area contributed by atoms with E-state index in [-0.39, 0.29) is 11.6 Å². The number of hydrogen-bond acceptors (Lipinski definition) is 3. The van der Waals surface area contributed by atoms with E-state index >= 15 is 0 Å². The lowest BCUT2D eigenvalue weighted by Crippen LogP contribution is -2.35. The van der Waals surface area contributed by atoms with Gasteiger partial charge in [0.1, 0.15) is 4.90 Å². The molecule has 1 aromatic carbocycles. The van der Waals surface area contributed by atoms with Crippen LogP contribution >= 0.6 is 23.2 Å². The second-order valence-corrected chi connectivity index (χ2v) is 5.85. The molecule has 1 aromatic rings. The van der Waals surface area contributed by atoms with Crippen LogP contribution in [0, 0.1) is 5.82 Å². The highest BCUT2D eigenvalue weighted by Crippen LogP contribution is 2.29. The Balaban J connectivity index is 3.21. The number of sulfonamides is 1. The topological polar surface area (TPSA) is 66.4 Å². The van der Waals surface area contributed by atoms with Gasteiger partial charge in [0.05, 0.1) is 16.7 Å². The molecule has 8 heteroatoms. The van der Waals surface area contributed by atoms with E-state index in [9.17, 15) is 12.8 Å². The summed E-state index contributed by atoms with van der Waals surface area (Å²) in [7, 11) is -3.98. The summed E-state index contributed by atoms with van der Waals surface area (Å²) in [6.45, 7) is 1.07. The van der Waals surface area contributed by atoms with Gasteiger partial charge in [-0.2, -0.15) is 0 Å². The molecule has 0 aliphatic heterocycles. The number of halogens is 3. The smallest absolute Gasteiger partial charge is 0.242 e. The maximum Gasteiger partial charge on any atom is 0.242 e. The average Bonchev–Trinajstić information content (AvgIpc) is 2.24. The number of rotatable bonds is 4. The summed E-state index contributed by atoms with van der Waals surface area (Å²) in [5.41, 5.74) is 0. The monoisotopic (exact) mass is 301 g/mol. The predicted octanol–water partition coefficient (Wildman–Crippen LogP) is 1.79. The molecule has 96 valence electrons. The molecule has 0 spiro atoms. The number of aliphatic hydroxyl groups is 1. The summed E-state index contributed by atoms with van der Waals surface area (Å²) in [4.78, 5) is -0.415. The van der Waals surface area contributed by atoms with Crippen LogP contribution in [0.5, 0.6) is 0 Å². The molecular formula is C9H10Cl2FNO3S. The summed E-state index contributed by atoms with van der Waals surface area (Å²) in [6.07, 6.45) is 0. The second-order valence-electron chi connectivity index (χ2n) is 3.38. The second kappa shape index (κ2) is 5.49. The van der Waals surface area contributed by atoms with Gasteiger partial charge in [-0.05, 0) is 19.1 Å². The van der Waals surface area contributed by atoms with E-state index in [0.717, 1.165) is 12.1 Å². The molecule has 17 heavy (non-hydrogen) atoms. The van der Waals surface area contributed by atoms with E-state index in [1.807, 2.05) is 0 Å². The Morgan fingerprint density at radius 2 is 2.06 bits per heavy atom. The molecule has 0 heterocycles. The SMILES string of the molecule is C[C@@H](CO)NS(=O)(=O)c1ccc(Cl)c(F)c1Cl. The molecule has 0 saturated heterocycles. The Labute approximate surface area is 108 Å². The van der Waals surface area contributed by atoms with Crippen molar-refractivity contribution in [2.75, 3.05) is 6.61 Å². The zero-order valence-corrected chi connectivity index (χ0v) is 11.1. The number of nitrogens with one attached hydrogen (secondary N) is 1. The highest BCUT2D eigenvalue weighted by molar-refractivity contribution is 7.89. The van der Waals surface area contributed by atoms with Gasteiger partial charge < -0.3 is 5.11 Å². The Hall–Kier alpha value is -0.400. The summed E-state index contributed by atoms with van der Waals surface area (Å²) >= 11 is 11.0. The molecule has 0 amide bonds. The lowest BCUT2D eigenvalue weighted by Gasteiger charge is -2.13. The first-order chi connectivity index (χ1) is 7.79. The first-order valence-corrected chi connectivity index (χ1v) is 6.80. The van der Waals surface area contributed by atoms with E-state index in [1.165, 1.54) is 6.92 Å². The van der Waals surface area contributed by atoms with Crippen molar-refractivity contribution in [2.45, 2.75) is 17.9 Å². The summed E-state index contributed by atoms with van der Waals surface area (Å²) in [6, 6.07) is 1.50. The van der Waals surface area contributed by atoms with Crippen molar-refractivity contribution in [2.24, 2.45) is 0 Å². The summed E-state index contributed by atoms with van der Waals surface area (Å²) in [5, 5.41) is 7.92. The van der Waals surface area contributed by atoms with Crippen LogP contribution in [-0.4, -0.2) is 26.2 Å². The molecular weight excluding hydrogens is 292 g/mol. The van der Waals surface area contributed by atoms with Crippen LogP contribution in [0.2, 0.25) is 10.0 Å². The lowest BCUT2D eigenvalue weighted by atomic mass is 10.3. The van der Waals surface area contributed by atoms with Gasteiger partial charge in [0.25, 0.3) is 0 Å². The fourth-order valence-corrected chi connectivity index (χ4v) is 3.06. The minimum Gasteiger partial charge on any atom is -0.395 e. The normalized spacial score (nSPS) is 13.7. The largest absolute Gasteiger partial charge is 0.395 e. The van der Waals surface area contributed by atoms with Crippen molar-refractivity contribution in [3.63, 3.8) is 0 Å². The predicted molar refractivity (Wildman–Crippen MR) is 63.3 cm³/mol. The Kier molecular flexibility index (Phi) is 4.74. The molecule has 0 aromatic heterocycles. The molecule has 0 saturated carbocycles. The van der Waals surface area contributed by atoms with Crippen molar-refractivity contribution < 1.29 is 17.9 Å². The van der Waals surface area contributed by atoms with Crippen LogP contribution in [0.4, 0.5) is 4.39 Å². The molecule has 0 unspecified atom stereocenters. The minimum absolute atomic E-state index is 0.260. The third kappa shape index (κ3) is 3.29. The highest BCUT2D eigenvalue weighted by atomic mass is 35.5. The quantitative estimate of drug-likeness (QED) is 0.833. The third-order valence-corrected chi connectivity index (χ3v) is 4.32. The average molecular weight is 302 g/mol. The standard InChI is InChI=1S/C9H10Cl2FNO3S/c1-5(4-14)13-17(15,16)7-3-2-6(10)9(12)8(7)11/h2-3,5,13-14H,4H2,1H3/t5-/m0/s1. The van der Waals surface area contributed by atoms with E-state index in [0.29, 0.717) is 0 Å². The number of hydrogen-bond donors (Lipinski definition) is 2. The van der Waals surface area contributed by atoms with Crippen LogP contribution in [0.1, 0.15) is 6.92 Å². The number of aliphatic hydroxyl groups excluding tert-OH is 1. The molecule has 0 radical (unpaired) electrons. The molecule has 1 atom stereocenters. The van der Waals surface area contributed by atoms with Crippen LogP contribution in [0.3, 0.4) is 0 Å². The molecule has 0 aliphatic rings. The maximum absolute atomic E-state index is 13.3. The van der Waals surface area contributed by atoms with Gasteiger partial charge in [-0.25, -0.2) is 17.5 Å².